The van der Waals surface area contributed by atoms with Crippen LogP contribution in [-0.2, 0) is 0 Å². The van der Waals surface area contributed by atoms with Crippen molar-refractivity contribution in [1.82, 2.24) is 14.6 Å². The number of nitrogens with zero attached hydrogens (tertiary/aromatic N) is 3. The summed E-state index contributed by atoms with van der Waals surface area (Å²) in [5.74, 6) is 0. The van der Waals surface area contributed by atoms with E-state index in [-0.39, 0.29) is 0 Å². The van der Waals surface area contributed by atoms with Crippen molar-refractivity contribution in [3.8, 4) is 11.3 Å². The van der Waals surface area contributed by atoms with Crippen LogP contribution in [0.2, 0.25) is 0 Å². The quantitative estimate of drug-likeness (QED) is 0.646. The van der Waals surface area contributed by atoms with Crippen LogP contribution in [0.1, 0.15) is 0 Å². The molecule has 0 saturated heterocycles. The Morgan fingerprint density at radius 2 is 1.88 bits per heavy atom. The van der Waals surface area contributed by atoms with Gasteiger partial charge in [0.25, 0.3) is 0 Å². The van der Waals surface area contributed by atoms with Gasteiger partial charge in [-0.2, -0.15) is 0 Å². The Balaban J connectivity index is 2.23. The van der Waals surface area contributed by atoms with Crippen molar-refractivity contribution in [1.29, 1.82) is 0 Å². The molecule has 0 aliphatic carbocycles. The number of benzene rings is 1. The molecule has 0 atom stereocenters. The molecule has 0 saturated carbocycles. The molecule has 17 heavy (non-hydrogen) atoms. The van der Waals surface area contributed by atoms with Crippen molar-refractivity contribution in [2.75, 3.05) is 6.26 Å². The maximum Gasteiger partial charge on any atom is 0.207 e. The van der Waals surface area contributed by atoms with Gasteiger partial charge < -0.3 is 0 Å². The molecule has 84 valence electrons. The first-order valence-corrected chi connectivity index (χ1v) is 6.55. The monoisotopic (exact) mass is 241 g/mol. The Labute approximate surface area is 104 Å². The lowest BCUT2D eigenvalue weighted by Gasteiger charge is -2.02. The SMILES string of the molecule is CSc1ncc2ccc(-c3ccccc3)n2n1. The van der Waals surface area contributed by atoms with E-state index in [1.54, 1.807) is 11.8 Å². The summed E-state index contributed by atoms with van der Waals surface area (Å²) < 4.78 is 1.94. The molecular weight excluding hydrogens is 230 g/mol. The summed E-state index contributed by atoms with van der Waals surface area (Å²) in [5, 5.41) is 5.28. The first-order valence-electron chi connectivity index (χ1n) is 5.33. The van der Waals surface area contributed by atoms with E-state index in [1.165, 1.54) is 5.56 Å². The molecule has 4 heteroatoms. The third-order valence-corrected chi connectivity index (χ3v) is 3.18. The van der Waals surface area contributed by atoms with Gasteiger partial charge in [0.1, 0.15) is 0 Å². The summed E-state index contributed by atoms with van der Waals surface area (Å²) in [6.45, 7) is 0. The third-order valence-electron chi connectivity index (χ3n) is 2.63. The smallest absolute Gasteiger partial charge is 0.207 e. The van der Waals surface area contributed by atoms with Crippen molar-refractivity contribution in [3.63, 3.8) is 0 Å². The maximum absolute atomic E-state index is 4.50. The van der Waals surface area contributed by atoms with Gasteiger partial charge in [0, 0.05) is 5.56 Å². The van der Waals surface area contributed by atoms with E-state index in [9.17, 15) is 0 Å². The summed E-state index contributed by atoms with van der Waals surface area (Å²) >= 11 is 1.55. The second kappa shape index (κ2) is 4.22. The minimum absolute atomic E-state index is 0.783. The Kier molecular flexibility index (Phi) is 2.57. The second-order valence-corrected chi connectivity index (χ2v) is 4.44. The van der Waals surface area contributed by atoms with Gasteiger partial charge in [0.15, 0.2) is 0 Å². The summed E-state index contributed by atoms with van der Waals surface area (Å²) in [5.41, 5.74) is 3.28. The van der Waals surface area contributed by atoms with Gasteiger partial charge in [-0.3, -0.25) is 0 Å². The summed E-state index contributed by atoms with van der Waals surface area (Å²) in [7, 11) is 0. The van der Waals surface area contributed by atoms with E-state index in [4.69, 9.17) is 0 Å². The predicted octanol–water partition coefficient (Wildman–Crippen LogP) is 3.12. The van der Waals surface area contributed by atoms with Crippen LogP contribution in [0.25, 0.3) is 16.8 Å². The molecular formula is C13H11N3S. The van der Waals surface area contributed by atoms with Crippen LogP contribution in [0.4, 0.5) is 0 Å². The lowest BCUT2D eigenvalue weighted by molar-refractivity contribution is 0.804. The molecule has 3 nitrogen and oxygen atoms in total. The van der Waals surface area contributed by atoms with Crippen LogP contribution in [0.3, 0.4) is 0 Å². The van der Waals surface area contributed by atoms with Crippen LogP contribution in [0.15, 0.2) is 53.8 Å². The standard InChI is InChI=1S/C13H11N3S/c1-17-13-14-9-11-7-8-12(16(11)15-13)10-5-3-2-4-6-10/h2-9H,1H3. The number of hydrogen-bond acceptors (Lipinski definition) is 3. The van der Waals surface area contributed by atoms with E-state index >= 15 is 0 Å². The van der Waals surface area contributed by atoms with E-state index in [0.29, 0.717) is 0 Å². The molecule has 0 aliphatic rings. The second-order valence-electron chi connectivity index (χ2n) is 3.67. The Bertz CT molecular complexity index is 646. The van der Waals surface area contributed by atoms with Crippen molar-refractivity contribution in [2.24, 2.45) is 0 Å². The Morgan fingerprint density at radius 1 is 1.06 bits per heavy atom. The van der Waals surface area contributed by atoms with Gasteiger partial charge in [-0.25, -0.2) is 9.50 Å². The van der Waals surface area contributed by atoms with Gasteiger partial charge in [-0.05, 0) is 18.4 Å². The summed E-state index contributed by atoms with van der Waals surface area (Å²) in [6, 6.07) is 14.4. The fraction of sp³-hybridized carbons (Fsp3) is 0.0769. The highest BCUT2D eigenvalue weighted by molar-refractivity contribution is 7.98. The minimum atomic E-state index is 0.783. The fourth-order valence-corrected chi connectivity index (χ4v) is 2.13. The highest BCUT2D eigenvalue weighted by Gasteiger charge is 2.06. The molecule has 2 heterocycles. The normalized spacial score (nSPS) is 10.9. The van der Waals surface area contributed by atoms with Crippen molar-refractivity contribution in [2.45, 2.75) is 5.16 Å². The molecule has 2 aromatic heterocycles. The van der Waals surface area contributed by atoms with Gasteiger partial charge in [-0.1, -0.05) is 42.1 Å². The molecule has 0 fully saturated rings. The lowest BCUT2D eigenvalue weighted by Crippen LogP contribution is -1.97. The molecule has 3 rings (SSSR count). The molecule has 0 amide bonds. The minimum Gasteiger partial charge on any atom is -0.229 e. The molecule has 0 spiro atoms. The van der Waals surface area contributed by atoms with Gasteiger partial charge in [0.05, 0.1) is 17.4 Å². The largest absolute Gasteiger partial charge is 0.229 e. The molecule has 0 N–H and O–H groups in total. The molecule has 0 radical (unpaired) electrons. The van der Waals surface area contributed by atoms with E-state index < -0.39 is 0 Å². The zero-order valence-electron chi connectivity index (χ0n) is 9.37. The van der Waals surface area contributed by atoms with E-state index in [0.717, 1.165) is 16.4 Å². The van der Waals surface area contributed by atoms with Gasteiger partial charge >= 0.3 is 0 Å². The lowest BCUT2D eigenvalue weighted by atomic mass is 10.2. The van der Waals surface area contributed by atoms with Crippen molar-refractivity contribution >= 4 is 17.3 Å². The molecule has 0 aliphatic heterocycles. The van der Waals surface area contributed by atoms with E-state index in [1.807, 2.05) is 41.2 Å². The average Bonchev–Trinajstić information content (AvgIpc) is 2.82. The van der Waals surface area contributed by atoms with Crippen LogP contribution in [0.5, 0.6) is 0 Å². The van der Waals surface area contributed by atoms with Gasteiger partial charge in [-0.15, -0.1) is 5.10 Å². The number of aromatic nitrogens is 3. The first kappa shape index (κ1) is 10.4. The summed E-state index contributed by atoms with van der Waals surface area (Å²) in [4.78, 5) is 4.26. The van der Waals surface area contributed by atoms with Crippen LogP contribution in [0, 0.1) is 0 Å². The Hall–Kier alpha value is -1.81. The van der Waals surface area contributed by atoms with Crippen molar-refractivity contribution < 1.29 is 0 Å². The topological polar surface area (TPSA) is 30.2 Å². The molecule has 3 aromatic rings. The number of thioether (sulfide) groups is 1. The third kappa shape index (κ3) is 1.80. The zero-order valence-corrected chi connectivity index (χ0v) is 10.2. The summed E-state index contributed by atoms with van der Waals surface area (Å²) in [6.07, 6.45) is 3.83. The highest BCUT2D eigenvalue weighted by atomic mass is 32.2. The van der Waals surface area contributed by atoms with E-state index in [2.05, 4.69) is 28.3 Å². The number of rotatable bonds is 2. The molecule has 0 bridgehead atoms. The van der Waals surface area contributed by atoms with Crippen LogP contribution in [-0.4, -0.2) is 20.9 Å². The van der Waals surface area contributed by atoms with Crippen LogP contribution >= 0.6 is 11.8 Å². The first-order chi connectivity index (χ1) is 8.38. The van der Waals surface area contributed by atoms with Gasteiger partial charge in [0.2, 0.25) is 5.16 Å². The number of hydrogen-bond donors (Lipinski definition) is 0. The number of fused-ring (bicyclic) bond motifs is 1. The predicted molar refractivity (Wildman–Crippen MR) is 70.2 cm³/mol. The molecule has 0 unspecified atom stereocenters. The average molecular weight is 241 g/mol. The zero-order chi connectivity index (χ0) is 11.7. The fourth-order valence-electron chi connectivity index (χ4n) is 1.81. The van der Waals surface area contributed by atoms with Crippen molar-refractivity contribution in [3.05, 3.63) is 48.7 Å². The highest BCUT2D eigenvalue weighted by Crippen LogP contribution is 2.21. The maximum atomic E-state index is 4.50. The molecule has 1 aromatic carbocycles. The van der Waals surface area contributed by atoms with Crippen LogP contribution < -0.4 is 0 Å². The Morgan fingerprint density at radius 3 is 2.65 bits per heavy atom.